The molecule has 0 atom stereocenters. The molecule has 0 aliphatic carbocycles. The van der Waals surface area contributed by atoms with E-state index in [1.165, 1.54) is 22.3 Å². The highest BCUT2D eigenvalue weighted by Crippen LogP contribution is 2.31. The van der Waals surface area contributed by atoms with Crippen LogP contribution in [0.3, 0.4) is 0 Å². The van der Waals surface area contributed by atoms with Crippen molar-refractivity contribution in [2.24, 2.45) is 0 Å². The van der Waals surface area contributed by atoms with Crippen molar-refractivity contribution in [1.29, 1.82) is 0 Å². The molecule has 1 N–H and O–H groups in total. The van der Waals surface area contributed by atoms with Crippen molar-refractivity contribution in [3.05, 3.63) is 53.1 Å². The summed E-state index contributed by atoms with van der Waals surface area (Å²) in [6.07, 6.45) is 3.18. The Labute approximate surface area is 115 Å². The van der Waals surface area contributed by atoms with Crippen molar-refractivity contribution in [2.45, 2.75) is 40.0 Å². The molecule has 0 aliphatic rings. The van der Waals surface area contributed by atoms with Gasteiger partial charge in [-0.3, -0.25) is 0 Å². The molecule has 0 spiro atoms. The molecule has 100 valence electrons. The van der Waals surface area contributed by atoms with Crippen LogP contribution in [0.5, 0.6) is 5.75 Å². The maximum Gasteiger partial charge on any atom is 0.116 e. The molecule has 0 unspecified atom stereocenters. The molecule has 0 fully saturated rings. The van der Waals surface area contributed by atoms with E-state index in [4.69, 9.17) is 0 Å². The van der Waals surface area contributed by atoms with Crippen LogP contribution in [0.1, 0.15) is 37.5 Å². The first kappa shape index (κ1) is 13.7. The Morgan fingerprint density at radius 1 is 0.842 bits per heavy atom. The Kier molecular flexibility index (Phi) is 4.26. The van der Waals surface area contributed by atoms with Crippen molar-refractivity contribution >= 4 is 0 Å². The van der Waals surface area contributed by atoms with Crippen molar-refractivity contribution in [2.75, 3.05) is 0 Å². The largest absolute Gasteiger partial charge is 0.508 e. The van der Waals surface area contributed by atoms with E-state index in [1.807, 2.05) is 12.1 Å². The monoisotopic (exact) mass is 254 g/mol. The van der Waals surface area contributed by atoms with Crippen LogP contribution in [0.25, 0.3) is 11.1 Å². The minimum Gasteiger partial charge on any atom is -0.508 e. The molecule has 0 bridgehead atoms. The van der Waals surface area contributed by atoms with Crippen molar-refractivity contribution < 1.29 is 5.11 Å². The summed E-state index contributed by atoms with van der Waals surface area (Å²) in [4.78, 5) is 0. The third-order valence-electron chi connectivity index (χ3n) is 3.77. The minimum atomic E-state index is 0.331. The molecule has 19 heavy (non-hydrogen) atoms. The summed E-state index contributed by atoms with van der Waals surface area (Å²) in [5, 5.41) is 9.67. The standard InChI is InChI=1S/C18H22O/c1-4-13-10-11-18(17(6-3)16(13)5-2)14-8-7-9-15(19)12-14/h7-12,19H,4-6H2,1-3H3. The van der Waals surface area contributed by atoms with Gasteiger partial charge in [-0.2, -0.15) is 0 Å². The third kappa shape index (κ3) is 2.65. The van der Waals surface area contributed by atoms with Crippen LogP contribution in [0, 0.1) is 0 Å². The van der Waals surface area contributed by atoms with Gasteiger partial charge < -0.3 is 5.11 Å². The Bertz CT molecular complexity index is 570. The molecule has 1 heteroatoms. The molecule has 0 saturated heterocycles. The summed E-state index contributed by atoms with van der Waals surface area (Å²) >= 11 is 0. The van der Waals surface area contributed by atoms with Crippen LogP contribution in [0.4, 0.5) is 0 Å². The van der Waals surface area contributed by atoms with Crippen molar-refractivity contribution in [3.8, 4) is 16.9 Å². The Morgan fingerprint density at radius 2 is 1.58 bits per heavy atom. The molecule has 2 aromatic rings. The topological polar surface area (TPSA) is 20.2 Å². The van der Waals surface area contributed by atoms with Crippen LogP contribution < -0.4 is 0 Å². The van der Waals surface area contributed by atoms with Gasteiger partial charge in [-0.05, 0) is 59.2 Å². The number of aryl methyl sites for hydroxylation is 1. The summed E-state index contributed by atoms with van der Waals surface area (Å²) in [6.45, 7) is 6.64. The van der Waals surface area contributed by atoms with Crippen LogP contribution in [-0.4, -0.2) is 5.11 Å². The molecule has 1 nitrogen and oxygen atoms in total. The lowest BCUT2D eigenvalue weighted by atomic mass is 9.88. The fourth-order valence-corrected chi connectivity index (χ4v) is 2.86. The van der Waals surface area contributed by atoms with Gasteiger partial charge in [0.05, 0.1) is 0 Å². The molecule has 0 heterocycles. The van der Waals surface area contributed by atoms with Gasteiger partial charge in [-0.15, -0.1) is 0 Å². The van der Waals surface area contributed by atoms with Gasteiger partial charge in [0, 0.05) is 0 Å². The maximum absolute atomic E-state index is 9.67. The molecule has 0 saturated carbocycles. The van der Waals surface area contributed by atoms with Crippen LogP contribution in [0.15, 0.2) is 36.4 Å². The number of aromatic hydroxyl groups is 1. The SMILES string of the molecule is CCc1ccc(-c2cccc(O)c2)c(CC)c1CC. The smallest absolute Gasteiger partial charge is 0.116 e. The predicted octanol–water partition coefficient (Wildman–Crippen LogP) is 4.75. The van der Waals surface area contributed by atoms with E-state index in [0.29, 0.717) is 5.75 Å². The summed E-state index contributed by atoms with van der Waals surface area (Å²) < 4.78 is 0. The molecule has 2 rings (SSSR count). The Balaban J connectivity index is 2.64. The molecule has 2 aromatic carbocycles. The number of hydrogen-bond acceptors (Lipinski definition) is 1. The zero-order chi connectivity index (χ0) is 13.8. The predicted molar refractivity (Wildman–Crippen MR) is 81.7 cm³/mol. The first-order valence-corrected chi connectivity index (χ1v) is 7.14. The minimum absolute atomic E-state index is 0.331. The fourth-order valence-electron chi connectivity index (χ4n) is 2.86. The number of rotatable bonds is 4. The van der Waals surface area contributed by atoms with Gasteiger partial charge in [0.25, 0.3) is 0 Å². The fraction of sp³-hybridized carbons (Fsp3) is 0.333. The molecule has 0 aromatic heterocycles. The number of phenolic OH excluding ortho intramolecular Hbond substituents is 1. The van der Waals surface area contributed by atoms with Crippen molar-refractivity contribution in [1.82, 2.24) is 0 Å². The molecule has 0 amide bonds. The highest BCUT2D eigenvalue weighted by molar-refractivity contribution is 5.71. The number of phenols is 1. The van der Waals surface area contributed by atoms with E-state index < -0.39 is 0 Å². The molecular weight excluding hydrogens is 232 g/mol. The molecular formula is C18H22O. The van der Waals surface area contributed by atoms with Crippen molar-refractivity contribution in [3.63, 3.8) is 0 Å². The second kappa shape index (κ2) is 5.92. The number of benzene rings is 2. The van der Waals surface area contributed by atoms with Crippen LogP contribution >= 0.6 is 0 Å². The lowest BCUT2D eigenvalue weighted by Gasteiger charge is -2.17. The van der Waals surface area contributed by atoms with E-state index in [0.717, 1.165) is 24.8 Å². The summed E-state index contributed by atoms with van der Waals surface area (Å²) in [5.74, 6) is 0.331. The van der Waals surface area contributed by atoms with E-state index in [9.17, 15) is 5.11 Å². The highest BCUT2D eigenvalue weighted by atomic mass is 16.3. The average Bonchev–Trinajstić information content (AvgIpc) is 2.45. The van der Waals surface area contributed by atoms with Crippen LogP contribution in [-0.2, 0) is 19.3 Å². The summed E-state index contributed by atoms with van der Waals surface area (Å²) in [6, 6.07) is 12.0. The van der Waals surface area contributed by atoms with Gasteiger partial charge in [0.2, 0.25) is 0 Å². The Morgan fingerprint density at radius 3 is 2.16 bits per heavy atom. The first-order valence-electron chi connectivity index (χ1n) is 7.14. The van der Waals surface area contributed by atoms with Gasteiger partial charge in [-0.1, -0.05) is 45.0 Å². The average molecular weight is 254 g/mol. The van der Waals surface area contributed by atoms with E-state index >= 15 is 0 Å². The van der Waals surface area contributed by atoms with Gasteiger partial charge in [0.1, 0.15) is 5.75 Å². The Hall–Kier alpha value is -1.76. The number of hydrogen-bond donors (Lipinski definition) is 1. The van der Waals surface area contributed by atoms with Gasteiger partial charge in [-0.25, -0.2) is 0 Å². The highest BCUT2D eigenvalue weighted by Gasteiger charge is 2.11. The second-order valence-electron chi connectivity index (χ2n) is 4.84. The zero-order valence-electron chi connectivity index (χ0n) is 12.0. The first-order chi connectivity index (χ1) is 9.21. The lowest BCUT2D eigenvalue weighted by molar-refractivity contribution is 0.475. The molecule has 0 aliphatic heterocycles. The zero-order valence-corrected chi connectivity index (χ0v) is 12.0. The quantitative estimate of drug-likeness (QED) is 0.835. The molecule has 0 radical (unpaired) electrons. The summed E-state index contributed by atoms with van der Waals surface area (Å²) in [5.41, 5.74) is 6.71. The van der Waals surface area contributed by atoms with E-state index in [2.05, 4.69) is 39.0 Å². The van der Waals surface area contributed by atoms with Gasteiger partial charge >= 0.3 is 0 Å². The lowest BCUT2D eigenvalue weighted by Crippen LogP contribution is -2.00. The normalized spacial score (nSPS) is 10.7. The van der Waals surface area contributed by atoms with Crippen LogP contribution in [0.2, 0.25) is 0 Å². The maximum atomic E-state index is 9.67. The second-order valence-corrected chi connectivity index (χ2v) is 4.84. The van der Waals surface area contributed by atoms with E-state index in [-0.39, 0.29) is 0 Å². The van der Waals surface area contributed by atoms with Gasteiger partial charge in [0.15, 0.2) is 0 Å². The van der Waals surface area contributed by atoms with E-state index in [1.54, 1.807) is 6.07 Å². The summed E-state index contributed by atoms with van der Waals surface area (Å²) in [7, 11) is 0. The third-order valence-corrected chi connectivity index (χ3v) is 3.77.